The third kappa shape index (κ3) is 3.26. The normalized spacial score (nSPS) is 17.5. The van der Waals surface area contributed by atoms with Gasteiger partial charge in [-0.05, 0) is 25.0 Å². The monoisotopic (exact) mass is 290 g/mol. The second-order valence-corrected chi connectivity index (χ2v) is 5.18. The number of fused-ring (bicyclic) bond motifs is 1. The number of benzene rings is 1. The zero-order valence-electron chi connectivity index (χ0n) is 11.8. The average Bonchev–Trinajstić information content (AvgIpc) is 2.49. The van der Waals surface area contributed by atoms with Crippen molar-refractivity contribution in [3.63, 3.8) is 0 Å². The van der Waals surface area contributed by atoms with E-state index in [9.17, 15) is 9.59 Å². The lowest BCUT2D eigenvalue weighted by molar-refractivity contribution is -0.136. The summed E-state index contributed by atoms with van der Waals surface area (Å²) in [6.45, 7) is 1.81. The number of carbonyl (C=O) groups is 2. The summed E-state index contributed by atoms with van der Waals surface area (Å²) in [7, 11) is 0. The molecule has 2 heterocycles. The number of hydrogen-bond acceptors (Lipinski definition) is 4. The van der Waals surface area contributed by atoms with Crippen LogP contribution >= 0.6 is 0 Å². The van der Waals surface area contributed by atoms with Gasteiger partial charge in [0.05, 0.1) is 6.54 Å². The third-order valence-electron chi connectivity index (χ3n) is 3.58. The summed E-state index contributed by atoms with van der Waals surface area (Å²) in [5, 5.41) is 2.79. The van der Waals surface area contributed by atoms with Crippen LogP contribution in [0.1, 0.15) is 19.3 Å². The number of hydrogen-bond donors (Lipinski definition) is 1. The van der Waals surface area contributed by atoms with Crippen LogP contribution in [0.15, 0.2) is 18.2 Å². The molecule has 2 amide bonds. The second kappa shape index (κ2) is 6.03. The van der Waals surface area contributed by atoms with Crippen LogP contribution in [0.2, 0.25) is 0 Å². The van der Waals surface area contributed by atoms with Crippen LogP contribution in [0.5, 0.6) is 11.5 Å². The topological polar surface area (TPSA) is 67.9 Å². The van der Waals surface area contributed by atoms with Gasteiger partial charge in [-0.2, -0.15) is 0 Å². The molecule has 0 aromatic heterocycles. The SMILES string of the molecule is O=C(CN1CCCCC1=O)Nc1ccc2c(c1)OCCO2. The highest BCUT2D eigenvalue weighted by Crippen LogP contribution is 2.32. The van der Waals surface area contributed by atoms with Crippen molar-refractivity contribution in [3.8, 4) is 11.5 Å². The number of ether oxygens (including phenoxy) is 2. The van der Waals surface area contributed by atoms with Crippen molar-refractivity contribution in [1.82, 2.24) is 4.90 Å². The Bertz CT molecular complexity index is 559. The van der Waals surface area contributed by atoms with Crippen molar-refractivity contribution in [2.75, 3.05) is 31.6 Å². The van der Waals surface area contributed by atoms with E-state index in [2.05, 4.69) is 5.32 Å². The predicted molar refractivity (Wildman–Crippen MR) is 76.5 cm³/mol. The molecule has 2 aliphatic rings. The summed E-state index contributed by atoms with van der Waals surface area (Å²) in [6.07, 6.45) is 2.42. The number of piperidine rings is 1. The maximum atomic E-state index is 12.0. The molecule has 0 bridgehead atoms. The molecule has 0 spiro atoms. The van der Waals surface area contributed by atoms with Crippen LogP contribution in [-0.4, -0.2) is 43.0 Å². The van der Waals surface area contributed by atoms with E-state index in [1.54, 1.807) is 23.1 Å². The summed E-state index contributed by atoms with van der Waals surface area (Å²) in [6, 6.07) is 5.28. The van der Waals surface area contributed by atoms with Gasteiger partial charge in [-0.1, -0.05) is 0 Å². The van der Waals surface area contributed by atoms with Gasteiger partial charge in [-0.25, -0.2) is 0 Å². The summed E-state index contributed by atoms with van der Waals surface area (Å²) in [5.41, 5.74) is 0.647. The molecule has 0 radical (unpaired) electrons. The van der Waals surface area contributed by atoms with E-state index in [-0.39, 0.29) is 18.4 Å². The van der Waals surface area contributed by atoms with Crippen LogP contribution in [0.3, 0.4) is 0 Å². The molecule has 1 aromatic rings. The minimum Gasteiger partial charge on any atom is -0.486 e. The molecule has 1 fully saturated rings. The van der Waals surface area contributed by atoms with E-state index >= 15 is 0 Å². The molecule has 21 heavy (non-hydrogen) atoms. The molecule has 0 saturated carbocycles. The van der Waals surface area contributed by atoms with Gasteiger partial charge >= 0.3 is 0 Å². The molecule has 2 aliphatic heterocycles. The van der Waals surface area contributed by atoms with Gasteiger partial charge in [0.1, 0.15) is 13.2 Å². The highest BCUT2D eigenvalue weighted by molar-refractivity contribution is 5.94. The van der Waals surface area contributed by atoms with Crippen molar-refractivity contribution in [1.29, 1.82) is 0 Å². The van der Waals surface area contributed by atoms with E-state index in [1.165, 1.54) is 0 Å². The van der Waals surface area contributed by atoms with Gasteiger partial charge in [-0.15, -0.1) is 0 Å². The molecular weight excluding hydrogens is 272 g/mol. The molecular formula is C15H18N2O4. The lowest BCUT2D eigenvalue weighted by Crippen LogP contribution is -2.40. The Morgan fingerprint density at radius 1 is 1.19 bits per heavy atom. The van der Waals surface area contributed by atoms with Crippen molar-refractivity contribution in [3.05, 3.63) is 18.2 Å². The van der Waals surface area contributed by atoms with Crippen molar-refractivity contribution < 1.29 is 19.1 Å². The fourth-order valence-corrected chi connectivity index (χ4v) is 2.52. The third-order valence-corrected chi connectivity index (χ3v) is 3.58. The Balaban J connectivity index is 1.60. The van der Waals surface area contributed by atoms with Crippen molar-refractivity contribution in [2.24, 2.45) is 0 Å². The molecule has 1 saturated heterocycles. The predicted octanol–water partition coefficient (Wildman–Crippen LogP) is 1.41. The number of amides is 2. The smallest absolute Gasteiger partial charge is 0.243 e. The number of carbonyl (C=O) groups excluding carboxylic acids is 2. The first-order valence-corrected chi connectivity index (χ1v) is 7.20. The number of likely N-dealkylation sites (tertiary alicyclic amines) is 1. The largest absolute Gasteiger partial charge is 0.486 e. The molecule has 1 aromatic carbocycles. The Kier molecular flexibility index (Phi) is 3.94. The molecule has 6 nitrogen and oxygen atoms in total. The summed E-state index contributed by atoms with van der Waals surface area (Å²) < 4.78 is 10.9. The van der Waals surface area contributed by atoms with Crippen LogP contribution in [0.4, 0.5) is 5.69 Å². The van der Waals surface area contributed by atoms with Gasteiger partial charge < -0.3 is 19.7 Å². The zero-order valence-corrected chi connectivity index (χ0v) is 11.8. The second-order valence-electron chi connectivity index (χ2n) is 5.18. The Hall–Kier alpha value is -2.24. The number of rotatable bonds is 3. The maximum Gasteiger partial charge on any atom is 0.243 e. The standard InChI is InChI=1S/C15H18N2O4/c18-14(10-17-6-2-1-3-15(17)19)16-11-4-5-12-13(9-11)21-8-7-20-12/h4-5,9H,1-3,6-8,10H2,(H,16,18). The minimum absolute atomic E-state index is 0.0542. The number of nitrogens with zero attached hydrogens (tertiary/aromatic N) is 1. The highest BCUT2D eigenvalue weighted by Gasteiger charge is 2.20. The van der Waals surface area contributed by atoms with Crippen LogP contribution < -0.4 is 14.8 Å². The van der Waals surface area contributed by atoms with Gasteiger partial charge in [0.2, 0.25) is 11.8 Å². The summed E-state index contributed by atoms with van der Waals surface area (Å²) in [5.74, 6) is 1.18. The van der Waals surface area contributed by atoms with Crippen LogP contribution in [0, 0.1) is 0 Å². The molecule has 6 heteroatoms. The zero-order chi connectivity index (χ0) is 14.7. The van der Waals surface area contributed by atoms with Gasteiger partial charge in [-0.3, -0.25) is 9.59 Å². The fraction of sp³-hybridized carbons (Fsp3) is 0.467. The first-order valence-electron chi connectivity index (χ1n) is 7.20. The van der Waals surface area contributed by atoms with E-state index in [0.29, 0.717) is 43.4 Å². The van der Waals surface area contributed by atoms with Crippen molar-refractivity contribution >= 4 is 17.5 Å². The molecule has 1 N–H and O–H groups in total. The maximum absolute atomic E-state index is 12.0. The summed E-state index contributed by atoms with van der Waals surface area (Å²) in [4.78, 5) is 25.3. The van der Waals surface area contributed by atoms with Crippen LogP contribution in [-0.2, 0) is 9.59 Å². The van der Waals surface area contributed by atoms with Crippen molar-refractivity contribution in [2.45, 2.75) is 19.3 Å². The molecule has 0 aliphatic carbocycles. The molecule has 112 valence electrons. The quantitative estimate of drug-likeness (QED) is 0.914. The lowest BCUT2D eigenvalue weighted by Gasteiger charge is -2.26. The van der Waals surface area contributed by atoms with E-state index in [0.717, 1.165) is 12.8 Å². The highest BCUT2D eigenvalue weighted by atomic mass is 16.6. The minimum atomic E-state index is -0.193. The van der Waals surface area contributed by atoms with Gasteiger partial charge in [0, 0.05) is 24.7 Å². The first kappa shape index (κ1) is 13.7. The lowest BCUT2D eigenvalue weighted by atomic mass is 10.1. The van der Waals surface area contributed by atoms with E-state index in [4.69, 9.17) is 9.47 Å². The molecule has 3 rings (SSSR count). The first-order chi connectivity index (χ1) is 10.2. The van der Waals surface area contributed by atoms with E-state index < -0.39 is 0 Å². The fourth-order valence-electron chi connectivity index (χ4n) is 2.52. The number of anilines is 1. The van der Waals surface area contributed by atoms with Crippen LogP contribution in [0.25, 0.3) is 0 Å². The molecule has 0 unspecified atom stereocenters. The Morgan fingerprint density at radius 2 is 2.00 bits per heavy atom. The summed E-state index contributed by atoms with van der Waals surface area (Å²) >= 11 is 0. The number of nitrogens with one attached hydrogen (secondary N) is 1. The molecule has 0 atom stereocenters. The van der Waals surface area contributed by atoms with Gasteiger partial charge in [0.15, 0.2) is 11.5 Å². The van der Waals surface area contributed by atoms with E-state index in [1.807, 2.05) is 0 Å². The Labute approximate surface area is 123 Å². The average molecular weight is 290 g/mol. The Morgan fingerprint density at radius 3 is 2.81 bits per heavy atom. The van der Waals surface area contributed by atoms with Gasteiger partial charge in [0.25, 0.3) is 0 Å².